The van der Waals surface area contributed by atoms with Crippen molar-refractivity contribution in [2.24, 2.45) is 0 Å². The molecule has 1 aromatic carbocycles. The normalized spacial score (nSPS) is 24.1. The quantitative estimate of drug-likeness (QED) is 0.701. The third kappa shape index (κ3) is 4.80. The molecule has 2 amide bonds. The Morgan fingerprint density at radius 3 is 2.42 bits per heavy atom. The van der Waals surface area contributed by atoms with Crippen molar-refractivity contribution in [3.8, 4) is 0 Å². The van der Waals surface area contributed by atoms with Crippen LogP contribution in [-0.4, -0.2) is 55.0 Å². The highest BCUT2D eigenvalue weighted by atomic mass is 32.2. The Morgan fingerprint density at radius 1 is 1.16 bits per heavy atom. The predicted molar refractivity (Wildman–Crippen MR) is 122 cm³/mol. The number of piperazine rings is 1. The Balaban J connectivity index is 2.02. The van der Waals surface area contributed by atoms with Gasteiger partial charge in [-0.3, -0.25) is 14.5 Å². The summed E-state index contributed by atoms with van der Waals surface area (Å²) in [5.74, 6) is -0.774. The minimum Gasteiger partial charge on any atom is -0.351 e. The molecule has 172 valence electrons. The molecule has 8 heteroatoms. The van der Waals surface area contributed by atoms with Crippen molar-refractivity contribution >= 4 is 27.5 Å². The molecule has 2 aliphatic rings. The van der Waals surface area contributed by atoms with E-state index in [1.54, 1.807) is 13.8 Å². The van der Waals surface area contributed by atoms with Gasteiger partial charge >= 0.3 is 0 Å². The first-order valence-corrected chi connectivity index (χ1v) is 12.9. The smallest absolute Gasteiger partial charge is 0.247 e. The third-order valence-electron chi connectivity index (χ3n) is 6.79. The monoisotopic (exact) mass is 449 g/mol. The van der Waals surface area contributed by atoms with Gasteiger partial charge in [-0.1, -0.05) is 37.8 Å². The number of hydrogen-bond donors (Lipinski definition) is 1. The predicted octanol–water partition coefficient (Wildman–Crippen LogP) is 2.90. The standard InChI is InChI=1S/C23H35N3O4S/c1-5-31(29,30)25-15-21(27)26(20-14-10-11-17(2)18(20)3)23(4,16-25)22(28)24-19-12-8-6-7-9-13-19/h10-11,14,19H,5-9,12-13,15-16H2,1-4H3,(H,24,28)/t23-/m0/s1. The van der Waals surface area contributed by atoms with Gasteiger partial charge in [0, 0.05) is 18.3 Å². The van der Waals surface area contributed by atoms with E-state index in [9.17, 15) is 18.0 Å². The van der Waals surface area contributed by atoms with Crippen molar-refractivity contribution in [1.82, 2.24) is 9.62 Å². The highest BCUT2D eigenvalue weighted by Crippen LogP contribution is 2.34. The number of sulfonamides is 1. The van der Waals surface area contributed by atoms with Gasteiger partial charge in [0.25, 0.3) is 0 Å². The van der Waals surface area contributed by atoms with Gasteiger partial charge in [0.1, 0.15) is 5.54 Å². The number of carbonyl (C=O) groups is 2. The molecular weight excluding hydrogens is 414 g/mol. The molecule has 1 N–H and O–H groups in total. The van der Waals surface area contributed by atoms with E-state index in [1.807, 2.05) is 32.0 Å². The van der Waals surface area contributed by atoms with Crippen LogP contribution >= 0.6 is 0 Å². The molecule has 1 aliphatic heterocycles. The van der Waals surface area contributed by atoms with Crippen molar-refractivity contribution in [3.63, 3.8) is 0 Å². The molecule has 1 saturated heterocycles. The number of anilines is 1. The fourth-order valence-electron chi connectivity index (χ4n) is 4.66. The lowest BCUT2D eigenvalue weighted by Crippen LogP contribution is -2.71. The number of nitrogens with zero attached hydrogens (tertiary/aromatic N) is 2. The van der Waals surface area contributed by atoms with E-state index in [0.717, 1.165) is 36.8 Å². The Hall–Kier alpha value is -1.93. The van der Waals surface area contributed by atoms with Crippen molar-refractivity contribution in [2.45, 2.75) is 77.8 Å². The van der Waals surface area contributed by atoms with Gasteiger partial charge in [0.05, 0.1) is 12.3 Å². The summed E-state index contributed by atoms with van der Waals surface area (Å²) in [6, 6.07) is 5.72. The Bertz CT molecular complexity index is 938. The number of nitrogens with one attached hydrogen (secondary N) is 1. The van der Waals surface area contributed by atoms with Crippen LogP contribution in [-0.2, 0) is 19.6 Å². The molecule has 0 spiro atoms. The fraction of sp³-hybridized carbons (Fsp3) is 0.652. The van der Waals surface area contributed by atoms with Crippen molar-refractivity contribution < 1.29 is 18.0 Å². The lowest BCUT2D eigenvalue weighted by molar-refractivity contribution is -0.133. The summed E-state index contributed by atoms with van der Waals surface area (Å²) in [5.41, 5.74) is 1.26. The van der Waals surface area contributed by atoms with Gasteiger partial charge in [-0.05, 0) is 57.7 Å². The van der Waals surface area contributed by atoms with Crippen LogP contribution in [0.5, 0.6) is 0 Å². The first kappa shape index (κ1) is 23.7. The molecule has 1 heterocycles. The van der Waals surface area contributed by atoms with E-state index in [-0.39, 0.29) is 36.7 Å². The number of benzene rings is 1. The molecule has 7 nitrogen and oxygen atoms in total. The highest BCUT2D eigenvalue weighted by molar-refractivity contribution is 7.89. The second-order valence-corrected chi connectivity index (χ2v) is 11.3. The van der Waals surface area contributed by atoms with E-state index in [2.05, 4.69) is 5.32 Å². The van der Waals surface area contributed by atoms with Crippen molar-refractivity contribution in [1.29, 1.82) is 0 Å². The summed E-state index contributed by atoms with van der Waals surface area (Å²) in [6.07, 6.45) is 6.29. The minimum absolute atomic E-state index is 0.0547. The minimum atomic E-state index is -3.62. The lowest BCUT2D eigenvalue weighted by Gasteiger charge is -2.47. The molecular formula is C23H35N3O4S. The second kappa shape index (κ2) is 9.28. The van der Waals surface area contributed by atoms with Crippen LogP contribution in [0.3, 0.4) is 0 Å². The Labute approximate surface area is 186 Å². The maximum atomic E-state index is 13.7. The van der Waals surface area contributed by atoms with Crippen LogP contribution < -0.4 is 10.2 Å². The van der Waals surface area contributed by atoms with Crippen LogP contribution in [0.4, 0.5) is 5.69 Å². The average molecular weight is 450 g/mol. The first-order valence-electron chi connectivity index (χ1n) is 11.3. The summed E-state index contributed by atoms with van der Waals surface area (Å²) >= 11 is 0. The molecule has 0 unspecified atom stereocenters. The molecule has 3 rings (SSSR count). The van der Waals surface area contributed by atoms with Crippen LogP contribution in [0.15, 0.2) is 18.2 Å². The van der Waals surface area contributed by atoms with Crippen molar-refractivity contribution in [2.75, 3.05) is 23.7 Å². The summed E-state index contributed by atoms with van der Waals surface area (Å²) in [4.78, 5) is 28.5. The van der Waals surface area contributed by atoms with Crippen LogP contribution in [0, 0.1) is 13.8 Å². The maximum Gasteiger partial charge on any atom is 0.247 e. The molecule has 0 bridgehead atoms. The van der Waals surface area contributed by atoms with Crippen LogP contribution in [0.25, 0.3) is 0 Å². The molecule has 31 heavy (non-hydrogen) atoms. The summed E-state index contributed by atoms with van der Waals surface area (Å²) in [5, 5.41) is 3.16. The lowest BCUT2D eigenvalue weighted by atomic mass is 9.92. The number of hydrogen-bond acceptors (Lipinski definition) is 4. The highest BCUT2D eigenvalue weighted by Gasteiger charge is 2.51. The molecule has 1 saturated carbocycles. The van der Waals surface area contributed by atoms with Gasteiger partial charge < -0.3 is 5.32 Å². The summed E-state index contributed by atoms with van der Waals surface area (Å²) in [6.45, 7) is 6.83. The fourth-order valence-corrected chi connectivity index (χ4v) is 5.78. The van der Waals surface area contributed by atoms with Gasteiger partial charge in [0.2, 0.25) is 21.8 Å². The zero-order chi connectivity index (χ0) is 22.8. The maximum absolute atomic E-state index is 13.7. The molecule has 1 aliphatic carbocycles. The third-order valence-corrected chi connectivity index (χ3v) is 8.57. The molecule has 1 atom stereocenters. The van der Waals surface area contributed by atoms with E-state index in [4.69, 9.17) is 0 Å². The number of carbonyl (C=O) groups excluding carboxylic acids is 2. The average Bonchev–Trinajstić information content (AvgIpc) is 2.99. The zero-order valence-electron chi connectivity index (χ0n) is 19.1. The van der Waals surface area contributed by atoms with E-state index in [0.29, 0.717) is 5.69 Å². The van der Waals surface area contributed by atoms with E-state index < -0.39 is 15.6 Å². The molecule has 2 fully saturated rings. The molecule has 0 aromatic heterocycles. The molecule has 1 aromatic rings. The topological polar surface area (TPSA) is 86.8 Å². The zero-order valence-corrected chi connectivity index (χ0v) is 19.9. The number of rotatable bonds is 5. The molecule has 0 radical (unpaired) electrons. The first-order chi connectivity index (χ1) is 14.6. The van der Waals surface area contributed by atoms with Crippen molar-refractivity contribution in [3.05, 3.63) is 29.3 Å². The largest absolute Gasteiger partial charge is 0.351 e. The summed E-state index contributed by atoms with van der Waals surface area (Å²) in [7, 11) is -3.62. The summed E-state index contributed by atoms with van der Waals surface area (Å²) < 4.78 is 26.4. The van der Waals surface area contributed by atoms with E-state index >= 15 is 0 Å². The van der Waals surface area contributed by atoms with E-state index in [1.165, 1.54) is 22.0 Å². The number of aryl methyl sites for hydroxylation is 1. The van der Waals surface area contributed by atoms with Gasteiger partial charge in [-0.15, -0.1) is 0 Å². The van der Waals surface area contributed by atoms with Gasteiger partial charge in [-0.2, -0.15) is 4.31 Å². The SMILES string of the molecule is CCS(=O)(=O)N1CC(=O)N(c2cccc(C)c2C)[C@](C)(C(=O)NC2CCCCCC2)C1. The number of amides is 2. The van der Waals surface area contributed by atoms with Crippen LogP contribution in [0.2, 0.25) is 0 Å². The van der Waals surface area contributed by atoms with Crippen LogP contribution in [0.1, 0.15) is 63.5 Å². The van der Waals surface area contributed by atoms with Gasteiger partial charge in [-0.25, -0.2) is 8.42 Å². The second-order valence-electron chi connectivity index (χ2n) is 9.05. The van der Waals surface area contributed by atoms with Gasteiger partial charge in [0.15, 0.2) is 0 Å². The Morgan fingerprint density at radius 2 is 1.81 bits per heavy atom. The Kier molecular flexibility index (Phi) is 7.11.